The highest BCUT2D eigenvalue weighted by Crippen LogP contribution is 2.26. The van der Waals surface area contributed by atoms with Gasteiger partial charge in [0.2, 0.25) is 5.82 Å². The third kappa shape index (κ3) is 2.67. The molecule has 2 aromatic carbocycles. The van der Waals surface area contributed by atoms with E-state index in [2.05, 4.69) is 20.5 Å². The number of nitrogens with zero attached hydrogens (tertiary/aromatic N) is 5. The highest BCUT2D eigenvalue weighted by atomic mass is 19.1. The van der Waals surface area contributed by atoms with E-state index in [4.69, 9.17) is 4.52 Å². The first-order valence-electron chi connectivity index (χ1n) is 8.13. The Morgan fingerprint density at radius 3 is 2.58 bits per heavy atom. The van der Waals surface area contributed by atoms with Crippen LogP contribution in [0.3, 0.4) is 0 Å². The van der Waals surface area contributed by atoms with Crippen molar-refractivity contribution >= 4 is 0 Å². The van der Waals surface area contributed by atoms with Crippen molar-refractivity contribution in [2.45, 2.75) is 20.8 Å². The molecule has 0 spiro atoms. The number of aromatic nitrogens is 5. The molecule has 0 fully saturated rings. The summed E-state index contributed by atoms with van der Waals surface area (Å²) in [7, 11) is 0. The predicted octanol–water partition coefficient (Wildman–Crippen LogP) is 4.05. The van der Waals surface area contributed by atoms with Crippen LogP contribution in [0, 0.1) is 26.6 Å². The first kappa shape index (κ1) is 16.1. The first-order valence-corrected chi connectivity index (χ1v) is 8.13. The summed E-state index contributed by atoms with van der Waals surface area (Å²) in [6, 6.07) is 12.7. The number of hydrogen-bond donors (Lipinski definition) is 0. The lowest BCUT2D eigenvalue weighted by molar-refractivity contribution is 0.430. The Bertz CT molecular complexity index is 1100. The zero-order valence-electron chi connectivity index (χ0n) is 14.6. The zero-order chi connectivity index (χ0) is 18.3. The Balaban J connectivity index is 1.73. The summed E-state index contributed by atoms with van der Waals surface area (Å²) in [5.74, 6) is 0.478. The van der Waals surface area contributed by atoms with Gasteiger partial charge in [-0.3, -0.25) is 0 Å². The Kier molecular flexibility index (Phi) is 3.84. The largest absolute Gasteiger partial charge is 0.332 e. The molecule has 26 heavy (non-hydrogen) atoms. The van der Waals surface area contributed by atoms with Crippen molar-refractivity contribution in [3.8, 4) is 28.7 Å². The molecule has 6 nitrogen and oxygen atoms in total. The first-order chi connectivity index (χ1) is 12.5. The summed E-state index contributed by atoms with van der Waals surface area (Å²) >= 11 is 0. The number of benzene rings is 2. The van der Waals surface area contributed by atoms with Crippen molar-refractivity contribution in [2.24, 2.45) is 0 Å². The summed E-state index contributed by atoms with van der Waals surface area (Å²) in [5, 5.41) is 12.3. The molecule has 0 unspecified atom stereocenters. The topological polar surface area (TPSA) is 69.6 Å². The second kappa shape index (κ2) is 6.18. The molecule has 130 valence electrons. The van der Waals surface area contributed by atoms with Gasteiger partial charge in [-0.15, -0.1) is 5.10 Å². The van der Waals surface area contributed by atoms with Crippen molar-refractivity contribution in [1.29, 1.82) is 0 Å². The normalized spacial score (nSPS) is 11.1. The molecule has 0 saturated heterocycles. The van der Waals surface area contributed by atoms with Gasteiger partial charge in [0.1, 0.15) is 5.82 Å². The molecule has 0 aliphatic rings. The summed E-state index contributed by atoms with van der Waals surface area (Å²) < 4.78 is 20.8. The van der Waals surface area contributed by atoms with Gasteiger partial charge in [-0.05, 0) is 44.0 Å². The van der Waals surface area contributed by atoms with Crippen LogP contribution >= 0.6 is 0 Å². The van der Waals surface area contributed by atoms with Crippen LogP contribution in [0.2, 0.25) is 0 Å². The van der Waals surface area contributed by atoms with Crippen molar-refractivity contribution in [3.63, 3.8) is 0 Å². The van der Waals surface area contributed by atoms with Crippen molar-refractivity contribution < 1.29 is 8.91 Å². The fourth-order valence-electron chi connectivity index (χ4n) is 2.74. The molecule has 0 bridgehead atoms. The van der Waals surface area contributed by atoms with Crippen LogP contribution in [0.1, 0.15) is 16.8 Å². The van der Waals surface area contributed by atoms with Crippen LogP contribution in [0.25, 0.3) is 28.7 Å². The Morgan fingerprint density at radius 1 is 1.00 bits per heavy atom. The molecule has 2 heterocycles. The molecular weight excluding hydrogens is 333 g/mol. The average Bonchev–Trinajstić information content (AvgIpc) is 3.24. The van der Waals surface area contributed by atoms with Crippen LogP contribution in [0.15, 0.2) is 47.0 Å². The predicted molar refractivity (Wildman–Crippen MR) is 94.3 cm³/mol. The molecular formula is C19H16FN5O. The van der Waals surface area contributed by atoms with E-state index in [9.17, 15) is 4.39 Å². The Hall–Kier alpha value is -3.35. The van der Waals surface area contributed by atoms with E-state index >= 15 is 0 Å². The van der Waals surface area contributed by atoms with Gasteiger partial charge in [-0.2, -0.15) is 4.98 Å². The van der Waals surface area contributed by atoms with E-state index in [1.54, 1.807) is 23.7 Å². The Morgan fingerprint density at radius 2 is 1.81 bits per heavy atom. The summed E-state index contributed by atoms with van der Waals surface area (Å²) in [5.41, 5.74) is 4.27. The lowest BCUT2D eigenvalue weighted by Gasteiger charge is -2.04. The zero-order valence-corrected chi connectivity index (χ0v) is 14.6. The number of hydrogen-bond acceptors (Lipinski definition) is 5. The molecule has 0 aliphatic heterocycles. The van der Waals surface area contributed by atoms with Gasteiger partial charge in [0, 0.05) is 5.56 Å². The van der Waals surface area contributed by atoms with Crippen molar-refractivity contribution in [2.75, 3.05) is 0 Å². The molecule has 4 rings (SSSR count). The molecule has 0 atom stereocenters. The van der Waals surface area contributed by atoms with Gasteiger partial charge in [-0.25, -0.2) is 9.07 Å². The second-order valence-electron chi connectivity index (χ2n) is 6.11. The maximum atomic E-state index is 13.9. The quantitative estimate of drug-likeness (QED) is 0.558. The Labute approximate surface area is 149 Å². The third-order valence-corrected chi connectivity index (χ3v) is 4.31. The lowest BCUT2D eigenvalue weighted by atomic mass is 10.1. The standard InChI is InChI=1S/C19H16FN5O/c1-11-6-4-5-7-15(11)18-21-19(26-23-18)17-13(3)25(24-22-17)14-9-8-12(2)16(20)10-14/h4-10H,1-3H3. The van der Waals surface area contributed by atoms with Crippen LogP contribution in [-0.4, -0.2) is 25.1 Å². The van der Waals surface area contributed by atoms with Gasteiger partial charge in [0.15, 0.2) is 5.69 Å². The van der Waals surface area contributed by atoms with Gasteiger partial charge in [-0.1, -0.05) is 40.7 Å². The molecule has 0 amide bonds. The smallest absolute Gasteiger partial charge is 0.280 e. The summed E-state index contributed by atoms with van der Waals surface area (Å²) in [6.45, 7) is 5.52. The monoisotopic (exact) mass is 349 g/mol. The highest BCUT2D eigenvalue weighted by Gasteiger charge is 2.19. The minimum absolute atomic E-state index is 0.277. The fraction of sp³-hybridized carbons (Fsp3) is 0.158. The van der Waals surface area contributed by atoms with Crippen molar-refractivity contribution in [3.05, 3.63) is 65.1 Å². The van der Waals surface area contributed by atoms with Gasteiger partial charge in [0.05, 0.1) is 11.4 Å². The van der Waals surface area contributed by atoms with E-state index in [-0.39, 0.29) is 11.7 Å². The minimum atomic E-state index is -0.293. The molecule has 2 aromatic heterocycles. The van der Waals surface area contributed by atoms with Gasteiger partial charge < -0.3 is 4.52 Å². The van der Waals surface area contributed by atoms with E-state index in [1.807, 2.05) is 38.1 Å². The van der Waals surface area contributed by atoms with E-state index in [1.165, 1.54) is 6.07 Å². The maximum absolute atomic E-state index is 13.9. The fourth-order valence-corrected chi connectivity index (χ4v) is 2.74. The number of halogens is 1. The van der Waals surface area contributed by atoms with Crippen LogP contribution in [0.5, 0.6) is 0 Å². The second-order valence-corrected chi connectivity index (χ2v) is 6.11. The molecule has 0 aliphatic carbocycles. The van der Waals surface area contributed by atoms with E-state index in [0.29, 0.717) is 28.5 Å². The maximum Gasteiger partial charge on any atom is 0.280 e. The molecule has 0 radical (unpaired) electrons. The number of aryl methyl sites for hydroxylation is 2. The van der Waals surface area contributed by atoms with Gasteiger partial charge >= 0.3 is 0 Å². The molecule has 0 N–H and O–H groups in total. The number of rotatable bonds is 3. The summed E-state index contributed by atoms with van der Waals surface area (Å²) in [6.07, 6.45) is 0. The van der Waals surface area contributed by atoms with E-state index < -0.39 is 0 Å². The SMILES string of the molecule is Cc1ccc(-n2nnc(-c3nc(-c4ccccc4C)no3)c2C)cc1F. The van der Waals surface area contributed by atoms with Crippen molar-refractivity contribution in [1.82, 2.24) is 25.1 Å². The highest BCUT2D eigenvalue weighted by molar-refractivity contribution is 5.62. The average molecular weight is 349 g/mol. The molecule has 7 heteroatoms. The third-order valence-electron chi connectivity index (χ3n) is 4.31. The lowest BCUT2D eigenvalue weighted by Crippen LogP contribution is -2.00. The van der Waals surface area contributed by atoms with Crippen LogP contribution in [-0.2, 0) is 0 Å². The van der Waals surface area contributed by atoms with Gasteiger partial charge in [0.25, 0.3) is 5.89 Å². The molecule has 0 saturated carbocycles. The molecule has 4 aromatic rings. The minimum Gasteiger partial charge on any atom is -0.332 e. The van der Waals surface area contributed by atoms with Crippen LogP contribution in [0.4, 0.5) is 4.39 Å². The van der Waals surface area contributed by atoms with Crippen LogP contribution < -0.4 is 0 Å². The summed E-state index contributed by atoms with van der Waals surface area (Å²) in [4.78, 5) is 4.44. The van der Waals surface area contributed by atoms with E-state index in [0.717, 1.165) is 11.1 Å².